The van der Waals surface area contributed by atoms with Crippen LogP contribution in [-0.2, 0) is 11.3 Å². The summed E-state index contributed by atoms with van der Waals surface area (Å²) >= 11 is 0. The van der Waals surface area contributed by atoms with Gasteiger partial charge in [-0.2, -0.15) is 13.2 Å². The Bertz CT molecular complexity index is 307. The standard InChI is InChI=1S/C8H10F3N3O/c9-8(10,11)2-1-7(15)14-5-6-12-3-4-13-6/h3-4H,1-2,5H2,(H,12,13)(H,14,15). The summed E-state index contributed by atoms with van der Waals surface area (Å²) in [6, 6.07) is 0. The molecule has 0 atom stereocenters. The second kappa shape index (κ2) is 4.81. The summed E-state index contributed by atoms with van der Waals surface area (Å²) in [5, 5.41) is 2.32. The third-order valence-electron chi connectivity index (χ3n) is 1.64. The number of carbonyl (C=O) groups excluding carboxylic acids is 1. The molecule has 0 aromatic carbocycles. The van der Waals surface area contributed by atoms with Crippen LogP contribution in [0.2, 0.25) is 0 Å². The van der Waals surface area contributed by atoms with Crippen LogP contribution in [0.5, 0.6) is 0 Å². The number of H-pyrrole nitrogens is 1. The van der Waals surface area contributed by atoms with Crippen molar-refractivity contribution in [3.63, 3.8) is 0 Å². The van der Waals surface area contributed by atoms with E-state index >= 15 is 0 Å². The smallest absolute Gasteiger partial charge is 0.349 e. The lowest BCUT2D eigenvalue weighted by molar-refractivity contribution is -0.144. The summed E-state index contributed by atoms with van der Waals surface area (Å²) in [5.74, 6) is -0.126. The van der Waals surface area contributed by atoms with E-state index in [9.17, 15) is 18.0 Å². The van der Waals surface area contributed by atoms with Crippen LogP contribution in [0, 0.1) is 0 Å². The fourth-order valence-corrected chi connectivity index (χ4v) is 0.921. The average molecular weight is 221 g/mol. The van der Waals surface area contributed by atoms with Crippen molar-refractivity contribution in [3.8, 4) is 0 Å². The normalized spacial score (nSPS) is 11.4. The van der Waals surface area contributed by atoms with Crippen molar-refractivity contribution < 1.29 is 18.0 Å². The van der Waals surface area contributed by atoms with Crippen LogP contribution in [0.3, 0.4) is 0 Å². The van der Waals surface area contributed by atoms with E-state index in [0.717, 1.165) is 0 Å². The molecule has 0 aliphatic rings. The Morgan fingerprint density at radius 1 is 1.53 bits per heavy atom. The third-order valence-corrected chi connectivity index (χ3v) is 1.64. The molecule has 0 saturated heterocycles. The SMILES string of the molecule is O=C(CCC(F)(F)F)NCc1ncc[nH]1. The maximum absolute atomic E-state index is 11.7. The van der Waals surface area contributed by atoms with Crippen LogP contribution >= 0.6 is 0 Å². The van der Waals surface area contributed by atoms with Crippen LogP contribution in [0.1, 0.15) is 18.7 Å². The van der Waals surface area contributed by atoms with Crippen LogP contribution in [0.4, 0.5) is 13.2 Å². The molecular weight excluding hydrogens is 211 g/mol. The van der Waals surface area contributed by atoms with Gasteiger partial charge in [0.2, 0.25) is 5.91 Å². The van der Waals surface area contributed by atoms with Gasteiger partial charge in [-0.15, -0.1) is 0 Å². The number of rotatable bonds is 4. The van der Waals surface area contributed by atoms with E-state index in [-0.39, 0.29) is 6.54 Å². The number of hydrogen-bond acceptors (Lipinski definition) is 2. The quantitative estimate of drug-likeness (QED) is 0.806. The second-order valence-corrected chi connectivity index (χ2v) is 2.93. The number of carbonyl (C=O) groups is 1. The van der Waals surface area contributed by atoms with Gasteiger partial charge in [0, 0.05) is 18.8 Å². The van der Waals surface area contributed by atoms with E-state index in [1.54, 1.807) is 6.20 Å². The van der Waals surface area contributed by atoms with Crippen molar-refractivity contribution in [2.24, 2.45) is 0 Å². The molecule has 1 rings (SSSR count). The molecule has 7 heteroatoms. The van der Waals surface area contributed by atoms with Crippen molar-refractivity contribution in [1.29, 1.82) is 0 Å². The molecule has 0 aliphatic carbocycles. The van der Waals surface area contributed by atoms with Crippen molar-refractivity contribution in [2.45, 2.75) is 25.6 Å². The molecule has 15 heavy (non-hydrogen) atoms. The van der Waals surface area contributed by atoms with Gasteiger partial charge in [-0.05, 0) is 0 Å². The summed E-state index contributed by atoms with van der Waals surface area (Å²) in [5.41, 5.74) is 0. The van der Waals surface area contributed by atoms with Crippen LogP contribution in [-0.4, -0.2) is 22.1 Å². The molecule has 1 aromatic heterocycles. The van der Waals surface area contributed by atoms with Gasteiger partial charge in [0.05, 0.1) is 13.0 Å². The van der Waals surface area contributed by atoms with Gasteiger partial charge < -0.3 is 10.3 Å². The highest BCUT2D eigenvalue weighted by Gasteiger charge is 2.27. The summed E-state index contributed by atoms with van der Waals surface area (Å²) in [7, 11) is 0. The highest BCUT2D eigenvalue weighted by atomic mass is 19.4. The fraction of sp³-hybridized carbons (Fsp3) is 0.500. The fourth-order valence-electron chi connectivity index (χ4n) is 0.921. The van der Waals surface area contributed by atoms with Crippen molar-refractivity contribution in [1.82, 2.24) is 15.3 Å². The lowest BCUT2D eigenvalue weighted by Crippen LogP contribution is -2.24. The van der Waals surface area contributed by atoms with E-state index in [1.165, 1.54) is 6.20 Å². The van der Waals surface area contributed by atoms with Crippen LogP contribution < -0.4 is 5.32 Å². The number of amides is 1. The van der Waals surface area contributed by atoms with Gasteiger partial charge in [0.1, 0.15) is 5.82 Å². The molecule has 0 spiro atoms. The Kier molecular flexibility index (Phi) is 3.70. The Hall–Kier alpha value is -1.53. The number of halogens is 3. The first-order chi connectivity index (χ1) is 6.97. The van der Waals surface area contributed by atoms with Gasteiger partial charge in [0.25, 0.3) is 0 Å². The van der Waals surface area contributed by atoms with Crippen molar-refractivity contribution in [3.05, 3.63) is 18.2 Å². The summed E-state index contributed by atoms with van der Waals surface area (Å²) in [6.45, 7) is 0.115. The summed E-state index contributed by atoms with van der Waals surface area (Å²) in [4.78, 5) is 17.5. The topological polar surface area (TPSA) is 57.8 Å². The molecule has 1 heterocycles. The molecule has 1 aromatic rings. The Morgan fingerprint density at radius 2 is 2.27 bits per heavy atom. The molecule has 0 saturated carbocycles. The van der Waals surface area contributed by atoms with Gasteiger partial charge in [-0.25, -0.2) is 4.98 Å². The predicted molar refractivity (Wildman–Crippen MR) is 45.7 cm³/mol. The minimum Gasteiger partial charge on any atom is -0.349 e. The number of alkyl halides is 3. The van der Waals surface area contributed by atoms with E-state index in [1.807, 2.05) is 0 Å². The number of nitrogens with one attached hydrogen (secondary N) is 2. The highest BCUT2D eigenvalue weighted by molar-refractivity contribution is 5.75. The lowest BCUT2D eigenvalue weighted by Gasteiger charge is -2.06. The number of imidazole rings is 1. The first-order valence-electron chi connectivity index (χ1n) is 4.29. The average Bonchev–Trinajstić information content (AvgIpc) is 2.62. The van der Waals surface area contributed by atoms with E-state index in [4.69, 9.17) is 0 Å². The number of aromatic amines is 1. The lowest BCUT2D eigenvalue weighted by atomic mass is 10.3. The minimum atomic E-state index is -4.29. The highest BCUT2D eigenvalue weighted by Crippen LogP contribution is 2.20. The van der Waals surface area contributed by atoms with Gasteiger partial charge >= 0.3 is 6.18 Å². The number of hydrogen-bond donors (Lipinski definition) is 2. The maximum atomic E-state index is 11.7. The Morgan fingerprint density at radius 3 is 2.80 bits per heavy atom. The van der Waals surface area contributed by atoms with Crippen molar-refractivity contribution in [2.75, 3.05) is 0 Å². The zero-order valence-electron chi connectivity index (χ0n) is 7.77. The monoisotopic (exact) mass is 221 g/mol. The van der Waals surface area contributed by atoms with E-state index in [0.29, 0.717) is 5.82 Å². The van der Waals surface area contributed by atoms with Gasteiger partial charge in [-0.3, -0.25) is 4.79 Å². The van der Waals surface area contributed by atoms with E-state index in [2.05, 4.69) is 15.3 Å². The summed E-state index contributed by atoms with van der Waals surface area (Å²) in [6.07, 6.45) is -2.88. The Balaban J connectivity index is 2.20. The number of aromatic nitrogens is 2. The largest absolute Gasteiger partial charge is 0.389 e. The Labute approximate surface area is 83.9 Å². The molecule has 0 unspecified atom stereocenters. The van der Waals surface area contributed by atoms with Gasteiger partial charge in [0.15, 0.2) is 0 Å². The molecule has 0 bridgehead atoms. The second-order valence-electron chi connectivity index (χ2n) is 2.93. The van der Waals surface area contributed by atoms with Crippen LogP contribution in [0.15, 0.2) is 12.4 Å². The summed E-state index contributed by atoms with van der Waals surface area (Å²) < 4.78 is 35.2. The zero-order chi connectivity index (χ0) is 11.3. The molecule has 1 amide bonds. The van der Waals surface area contributed by atoms with E-state index < -0.39 is 24.9 Å². The molecule has 0 radical (unpaired) electrons. The van der Waals surface area contributed by atoms with Gasteiger partial charge in [-0.1, -0.05) is 0 Å². The zero-order valence-corrected chi connectivity index (χ0v) is 7.77. The molecule has 0 aliphatic heterocycles. The van der Waals surface area contributed by atoms with Crippen molar-refractivity contribution >= 4 is 5.91 Å². The molecule has 2 N–H and O–H groups in total. The maximum Gasteiger partial charge on any atom is 0.389 e. The first-order valence-corrected chi connectivity index (χ1v) is 4.29. The minimum absolute atomic E-state index is 0.115. The first kappa shape index (κ1) is 11.5. The molecule has 4 nitrogen and oxygen atoms in total. The predicted octanol–water partition coefficient (Wildman–Crippen LogP) is 1.37. The molecule has 0 fully saturated rings. The molecular formula is C8H10F3N3O. The number of nitrogens with zero attached hydrogens (tertiary/aromatic N) is 1. The molecule has 84 valence electrons. The third kappa shape index (κ3) is 5.04. The van der Waals surface area contributed by atoms with Crippen LogP contribution in [0.25, 0.3) is 0 Å².